The number of benzene rings is 1. The second kappa shape index (κ2) is 4.56. The van der Waals surface area contributed by atoms with Crippen LogP contribution in [0.2, 0.25) is 0 Å². The normalized spacial score (nSPS) is 31.4. The molecule has 1 aromatic carbocycles. The van der Waals surface area contributed by atoms with Crippen molar-refractivity contribution in [1.82, 2.24) is 0 Å². The van der Waals surface area contributed by atoms with Gasteiger partial charge in [-0.15, -0.1) is 0 Å². The van der Waals surface area contributed by atoms with Crippen LogP contribution in [0.3, 0.4) is 0 Å². The van der Waals surface area contributed by atoms with E-state index >= 15 is 0 Å². The number of hydrogen-bond acceptors (Lipinski definition) is 1. The summed E-state index contributed by atoms with van der Waals surface area (Å²) in [4.78, 5) is 12.9. The Hall–Kier alpha value is -1.37. The first-order valence-corrected chi connectivity index (χ1v) is 8.49. The fourth-order valence-electron chi connectivity index (χ4n) is 4.85. The average Bonchev–Trinajstić information content (AvgIpc) is 3.12. The lowest BCUT2D eigenvalue weighted by atomic mass is 9.61. The van der Waals surface area contributed by atoms with Crippen LogP contribution in [0.25, 0.3) is 0 Å². The molecule has 4 rings (SSSR count). The van der Waals surface area contributed by atoms with Crippen molar-refractivity contribution in [3.8, 4) is 0 Å². The molecule has 3 atom stereocenters. The molecular formula is C20H24O. The summed E-state index contributed by atoms with van der Waals surface area (Å²) >= 11 is 0. The minimum absolute atomic E-state index is 0.152. The van der Waals surface area contributed by atoms with E-state index < -0.39 is 0 Å². The minimum Gasteiger partial charge on any atom is -0.299 e. The Balaban J connectivity index is 1.87. The summed E-state index contributed by atoms with van der Waals surface area (Å²) in [6.07, 6.45) is 8.53. The van der Waals surface area contributed by atoms with Crippen LogP contribution in [0.4, 0.5) is 0 Å². The molecule has 21 heavy (non-hydrogen) atoms. The summed E-state index contributed by atoms with van der Waals surface area (Å²) < 4.78 is 0. The average molecular weight is 280 g/mol. The van der Waals surface area contributed by atoms with Gasteiger partial charge < -0.3 is 0 Å². The molecule has 0 radical (unpaired) electrons. The SMILES string of the molecule is CCC(C)c1ccc2c(c1)C1(CC3=CCC1C3)C(=O)CC2. The van der Waals surface area contributed by atoms with Crippen LogP contribution >= 0.6 is 0 Å². The largest absolute Gasteiger partial charge is 0.299 e. The second-order valence-electron chi connectivity index (χ2n) is 7.30. The van der Waals surface area contributed by atoms with Crippen molar-refractivity contribution in [2.24, 2.45) is 5.92 Å². The standard InChI is InChI=1S/C20H24O/c1-3-13(2)16-6-5-15-7-9-19(21)20(18(15)11-16)12-14-4-8-17(20)10-14/h4-6,11,13,17H,3,7-10,12H2,1-2H3. The quantitative estimate of drug-likeness (QED) is 0.718. The number of rotatable bonds is 2. The van der Waals surface area contributed by atoms with Crippen molar-refractivity contribution in [1.29, 1.82) is 0 Å². The molecular weight excluding hydrogens is 256 g/mol. The van der Waals surface area contributed by atoms with E-state index in [0.29, 0.717) is 17.6 Å². The summed E-state index contributed by atoms with van der Waals surface area (Å²) in [5, 5.41) is 0. The van der Waals surface area contributed by atoms with Gasteiger partial charge in [0, 0.05) is 6.42 Å². The summed E-state index contributed by atoms with van der Waals surface area (Å²) in [6, 6.07) is 7.00. The summed E-state index contributed by atoms with van der Waals surface area (Å²) in [6.45, 7) is 4.54. The zero-order chi connectivity index (χ0) is 14.6. The van der Waals surface area contributed by atoms with Gasteiger partial charge in [-0.25, -0.2) is 0 Å². The van der Waals surface area contributed by atoms with Crippen molar-refractivity contribution in [3.63, 3.8) is 0 Å². The van der Waals surface area contributed by atoms with Crippen LogP contribution in [-0.4, -0.2) is 5.78 Å². The molecule has 0 aliphatic heterocycles. The van der Waals surface area contributed by atoms with Crippen LogP contribution in [-0.2, 0) is 16.6 Å². The van der Waals surface area contributed by atoms with Gasteiger partial charge in [-0.3, -0.25) is 4.79 Å². The Morgan fingerprint density at radius 1 is 1.33 bits per heavy atom. The highest BCUT2D eigenvalue weighted by molar-refractivity contribution is 5.94. The molecule has 1 aromatic rings. The molecule has 3 unspecified atom stereocenters. The molecule has 2 bridgehead atoms. The second-order valence-corrected chi connectivity index (χ2v) is 7.30. The monoisotopic (exact) mass is 280 g/mol. The van der Waals surface area contributed by atoms with E-state index in [4.69, 9.17) is 0 Å². The molecule has 110 valence electrons. The highest BCUT2D eigenvalue weighted by Gasteiger charge is 2.55. The molecule has 0 amide bonds. The lowest BCUT2D eigenvalue weighted by Gasteiger charge is -2.40. The van der Waals surface area contributed by atoms with Gasteiger partial charge in [0.05, 0.1) is 5.41 Å². The fraction of sp³-hybridized carbons (Fsp3) is 0.550. The number of fused-ring (bicyclic) bond motifs is 5. The predicted molar refractivity (Wildman–Crippen MR) is 85.6 cm³/mol. The molecule has 1 fully saturated rings. The van der Waals surface area contributed by atoms with Crippen LogP contribution in [0.15, 0.2) is 29.8 Å². The molecule has 0 N–H and O–H groups in total. The maximum Gasteiger partial charge on any atom is 0.144 e. The van der Waals surface area contributed by atoms with E-state index in [2.05, 4.69) is 38.1 Å². The molecule has 0 aromatic heterocycles. The van der Waals surface area contributed by atoms with Gasteiger partial charge in [0.1, 0.15) is 5.78 Å². The predicted octanol–water partition coefficient (Wildman–Crippen LogP) is 4.69. The van der Waals surface area contributed by atoms with Gasteiger partial charge in [0.25, 0.3) is 0 Å². The topological polar surface area (TPSA) is 17.1 Å². The van der Waals surface area contributed by atoms with Crippen LogP contribution in [0, 0.1) is 5.92 Å². The Labute approximate surface area is 127 Å². The van der Waals surface area contributed by atoms with Crippen LogP contribution in [0.5, 0.6) is 0 Å². The van der Waals surface area contributed by atoms with E-state index in [9.17, 15) is 4.79 Å². The molecule has 1 heteroatoms. The van der Waals surface area contributed by atoms with E-state index in [-0.39, 0.29) is 5.41 Å². The Morgan fingerprint density at radius 3 is 2.86 bits per heavy atom. The molecule has 0 heterocycles. The highest BCUT2D eigenvalue weighted by atomic mass is 16.1. The third kappa shape index (κ3) is 1.73. The number of carbonyl (C=O) groups is 1. The molecule has 0 saturated heterocycles. The number of aryl methyl sites for hydroxylation is 1. The Bertz CT molecular complexity index is 639. The maximum atomic E-state index is 12.9. The number of allylic oxidation sites excluding steroid dienone is 2. The van der Waals surface area contributed by atoms with Crippen molar-refractivity contribution in [2.75, 3.05) is 0 Å². The summed E-state index contributed by atoms with van der Waals surface area (Å²) in [5.41, 5.74) is 5.64. The van der Waals surface area contributed by atoms with E-state index in [1.54, 1.807) is 0 Å². The third-order valence-corrected chi connectivity index (χ3v) is 6.32. The smallest absolute Gasteiger partial charge is 0.144 e. The molecule has 3 aliphatic carbocycles. The lowest BCUT2D eigenvalue weighted by molar-refractivity contribution is -0.126. The van der Waals surface area contributed by atoms with Gasteiger partial charge in [-0.2, -0.15) is 0 Å². The van der Waals surface area contributed by atoms with Gasteiger partial charge in [0.2, 0.25) is 0 Å². The zero-order valence-electron chi connectivity index (χ0n) is 13.1. The number of ketones is 1. The molecule has 1 nitrogen and oxygen atoms in total. The number of carbonyl (C=O) groups excluding carboxylic acids is 1. The number of hydrogen-bond donors (Lipinski definition) is 0. The van der Waals surface area contributed by atoms with Gasteiger partial charge >= 0.3 is 0 Å². The van der Waals surface area contributed by atoms with Gasteiger partial charge in [0.15, 0.2) is 0 Å². The first-order valence-electron chi connectivity index (χ1n) is 8.49. The number of Topliss-reactive ketones (excluding diaryl/α,β-unsaturated/α-hetero) is 1. The van der Waals surface area contributed by atoms with E-state index in [1.165, 1.54) is 28.7 Å². The maximum absolute atomic E-state index is 12.9. The van der Waals surface area contributed by atoms with Gasteiger partial charge in [-0.1, -0.05) is 43.7 Å². The van der Waals surface area contributed by atoms with Crippen LogP contribution < -0.4 is 0 Å². The first-order chi connectivity index (χ1) is 10.1. The Kier molecular flexibility index (Phi) is 2.89. The van der Waals surface area contributed by atoms with E-state index in [1.807, 2.05) is 0 Å². The molecule has 1 saturated carbocycles. The minimum atomic E-state index is -0.152. The summed E-state index contributed by atoms with van der Waals surface area (Å²) in [7, 11) is 0. The Morgan fingerprint density at radius 2 is 2.19 bits per heavy atom. The molecule has 3 aliphatic rings. The van der Waals surface area contributed by atoms with Crippen molar-refractivity contribution >= 4 is 5.78 Å². The van der Waals surface area contributed by atoms with E-state index in [0.717, 1.165) is 32.1 Å². The van der Waals surface area contributed by atoms with Crippen molar-refractivity contribution in [2.45, 2.75) is 63.7 Å². The lowest BCUT2D eigenvalue weighted by Crippen LogP contribution is -2.43. The fourth-order valence-corrected chi connectivity index (χ4v) is 4.85. The molecule has 1 spiro atoms. The zero-order valence-corrected chi connectivity index (χ0v) is 13.1. The highest BCUT2D eigenvalue weighted by Crippen LogP contribution is 2.57. The first kappa shape index (κ1) is 13.3. The van der Waals surface area contributed by atoms with Crippen molar-refractivity contribution < 1.29 is 4.79 Å². The summed E-state index contributed by atoms with van der Waals surface area (Å²) in [5.74, 6) is 1.65. The van der Waals surface area contributed by atoms with Gasteiger partial charge in [-0.05, 0) is 60.6 Å². The van der Waals surface area contributed by atoms with Crippen LogP contribution in [0.1, 0.15) is 68.6 Å². The third-order valence-electron chi connectivity index (χ3n) is 6.32. The van der Waals surface area contributed by atoms with Crippen molar-refractivity contribution in [3.05, 3.63) is 46.5 Å².